The van der Waals surface area contributed by atoms with E-state index in [1.807, 2.05) is 27.7 Å². The maximum absolute atomic E-state index is 12.1. The van der Waals surface area contributed by atoms with Crippen LogP contribution in [0.5, 0.6) is 0 Å². The molecule has 0 saturated heterocycles. The predicted octanol–water partition coefficient (Wildman–Crippen LogP) is 4.28. The van der Waals surface area contributed by atoms with Crippen LogP contribution in [-0.4, -0.2) is 42.7 Å². The molecular formula is C17H28NO4P. The molecule has 0 aliphatic carbocycles. The summed E-state index contributed by atoms with van der Waals surface area (Å²) in [5.74, 6) is -0.644. The summed E-state index contributed by atoms with van der Waals surface area (Å²) >= 11 is 0. The Labute approximate surface area is 139 Å². The van der Waals surface area contributed by atoms with Gasteiger partial charge in [0, 0.05) is 19.4 Å². The van der Waals surface area contributed by atoms with Gasteiger partial charge in [-0.1, -0.05) is 39.8 Å². The van der Waals surface area contributed by atoms with Crippen LogP contribution in [0.4, 0.5) is 0 Å². The molecule has 1 aromatic rings. The van der Waals surface area contributed by atoms with E-state index in [-0.39, 0.29) is 24.5 Å². The molecule has 1 unspecified atom stereocenters. The Morgan fingerprint density at radius 2 is 1.43 bits per heavy atom. The molecule has 1 heterocycles. The minimum absolute atomic E-state index is 0.125. The van der Waals surface area contributed by atoms with Crippen molar-refractivity contribution in [2.75, 3.05) is 26.0 Å². The third-order valence-corrected chi connectivity index (χ3v) is 4.83. The van der Waals surface area contributed by atoms with Gasteiger partial charge in [0.25, 0.3) is 11.8 Å². The standard InChI is InChI=1S/C13H16NO4P.2C2H6/c1-3-18-19(2,17)9-8-14-12(15)10-6-4-5-7-11(10)13(14)16;2*1-2/h4-7H,3,8-9H2,1-2H3;2*1-2H3. The van der Waals surface area contributed by atoms with Crippen LogP contribution >= 0.6 is 7.37 Å². The number of nitrogens with zero attached hydrogens (tertiary/aromatic N) is 1. The van der Waals surface area contributed by atoms with Crippen LogP contribution in [0.1, 0.15) is 55.3 Å². The van der Waals surface area contributed by atoms with Crippen molar-refractivity contribution in [2.45, 2.75) is 34.6 Å². The maximum atomic E-state index is 12.1. The van der Waals surface area contributed by atoms with Crippen molar-refractivity contribution in [3.63, 3.8) is 0 Å². The third kappa shape index (κ3) is 5.60. The first kappa shape index (κ1) is 21.6. The molecule has 0 aromatic heterocycles. The fourth-order valence-electron chi connectivity index (χ4n) is 2.06. The molecule has 1 aliphatic rings. The Kier molecular flexibility index (Phi) is 9.70. The van der Waals surface area contributed by atoms with Gasteiger partial charge in [0.05, 0.1) is 17.7 Å². The summed E-state index contributed by atoms with van der Waals surface area (Å²) in [6.07, 6.45) is 0.187. The van der Waals surface area contributed by atoms with Crippen LogP contribution in [0.25, 0.3) is 0 Å². The van der Waals surface area contributed by atoms with Crippen LogP contribution in [0, 0.1) is 0 Å². The van der Waals surface area contributed by atoms with Gasteiger partial charge in [0.2, 0.25) is 7.37 Å². The van der Waals surface area contributed by atoms with E-state index in [1.165, 1.54) is 6.66 Å². The molecule has 2 rings (SSSR count). The lowest BCUT2D eigenvalue weighted by atomic mass is 10.1. The SMILES string of the molecule is CC.CC.CCOP(C)(=O)CCN1C(=O)c2ccccc2C1=O. The Bertz CT molecular complexity index is 536. The van der Waals surface area contributed by atoms with Crippen molar-refractivity contribution in [3.8, 4) is 0 Å². The zero-order valence-electron chi connectivity index (χ0n) is 15.0. The summed E-state index contributed by atoms with van der Waals surface area (Å²) in [4.78, 5) is 25.3. The van der Waals surface area contributed by atoms with Gasteiger partial charge < -0.3 is 4.52 Å². The Morgan fingerprint density at radius 1 is 1.00 bits per heavy atom. The quantitative estimate of drug-likeness (QED) is 0.592. The zero-order valence-corrected chi connectivity index (χ0v) is 15.9. The van der Waals surface area contributed by atoms with Crippen LogP contribution in [0.15, 0.2) is 24.3 Å². The van der Waals surface area contributed by atoms with Crippen LogP contribution < -0.4 is 0 Å². The normalized spacial score (nSPS) is 15.0. The van der Waals surface area contributed by atoms with Gasteiger partial charge in [-0.25, -0.2) is 0 Å². The Hall–Kier alpha value is -1.45. The molecule has 130 valence electrons. The van der Waals surface area contributed by atoms with E-state index in [0.29, 0.717) is 17.7 Å². The smallest absolute Gasteiger partial charge is 0.261 e. The molecule has 2 amide bonds. The summed E-state index contributed by atoms with van der Waals surface area (Å²) in [7, 11) is -2.74. The highest BCUT2D eigenvalue weighted by atomic mass is 31.2. The van der Waals surface area contributed by atoms with Gasteiger partial charge in [0.15, 0.2) is 0 Å². The Morgan fingerprint density at radius 3 is 1.83 bits per heavy atom. The highest BCUT2D eigenvalue weighted by Crippen LogP contribution is 2.42. The molecule has 0 spiro atoms. The minimum Gasteiger partial charge on any atom is -0.329 e. The molecule has 0 fully saturated rings. The van der Waals surface area contributed by atoms with Crippen LogP contribution in [0.2, 0.25) is 0 Å². The molecule has 0 radical (unpaired) electrons. The van der Waals surface area contributed by atoms with Gasteiger partial charge in [-0.05, 0) is 19.1 Å². The molecule has 1 aliphatic heterocycles. The number of fused-ring (bicyclic) bond motifs is 1. The number of carbonyl (C=O) groups excluding carboxylic acids is 2. The number of hydrogen-bond acceptors (Lipinski definition) is 4. The lowest BCUT2D eigenvalue weighted by Crippen LogP contribution is -2.32. The summed E-state index contributed by atoms with van der Waals surface area (Å²) < 4.78 is 17.1. The van der Waals surface area contributed by atoms with Crippen molar-refractivity contribution in [1.82, 2.24) is 4.90 Å². The maximum Gasteiger partial charge on any atom is 0.261 e. The topological polar surface area (TPSA) is 63.7 Å². The number of rotatable bonds is 5. The first-order valence-electron chi connectivity index (χ1n) is 8.12. The second-order valence-electron chi connectivity index (χ2n) is 4.46. The zero-order chi connectivity index (χ0) is 18.0. The van der Waals surface area contributed by atoms with Crippen LogP contribution in [0.3, 0.4) is 0 Å². The van der Waals surface area contributed by atoms with E-state index in [1.54, 1.807) is 31.2 Å². The van der Waals surface area contributed by atoms with Crippen molar-refractivity contribution < 1.29 is 18.7 Å². The molecule has 0 bridgehead atoms. The average Bonchev–Trinajstić information content (AvgIpc) is 2.81. The van der Waals surface area contributed by atoms with Gasteiger partial charge in [0.1, 0.15) is 0 Å². The second kappa shape index (κ2) is 10.3. The van der Waals surface area contributed by atoms with Crippen molar-refractivity contribution in [1.29, 1.82) is 0 Å². The summed E-state index contributed by atoms with van der Waals surface area (Å²) in [6.45, 7) is 11.8. The molecule has 6 heteroatoms. The highest BCUT2D eigenvalue weighted by molar-refractivity contribution is 7.58. The molecule has 5 nitrogen and oxygen atoms in total. The molecule has 23 heavy (non-hydrogen) atoms. The van der Waals surface area contributed by atoms with E-state index in [2.05, 4.69) is 0 Å². The van der Waals surface area contributed by atoms with Crippen molar-refractivity contribution in [2.24, 2.45) is 0 Å². The fraction of sp³-hybridized carbons (Fsp3) is 0.529. The summed E-state index contributed by atoms with van der Waals surface area (Å²) in [6, 6.07) is 6.70. The first-order chi connectivity index (χ1) is 11.0. The lowest BCUT2D eigenvalue weighted by Gasteiger charge is -2.17. The minimum atomic E-state index is -2.74. The number of benzene rings is 1. The van der Waals surface area contributed by atoms with Gasteiger partial charge >= 0.3 is 0 Å². The predicted molar refractivity (Wildman–Crippen MR) is 94.5 cm³/mol. The third-order valence-electron chi connectivity index (χ3n) is 3.01. The molecule has 0 N–H and O–H groups in total. The van der Waals surface area contributed by atoms with Crippen molar-refractivity contribution >= 4 is 19.2 Å². The molecule has 1 aromatic carbocycles. The summed E-state index contributed by atoms with van der Waals surface area (Å²) in [5.41, 5.74) is 0.824. The number of imide groups is 1. The first-order valence-corrected chi connectivity index (χ1v) is 10.4. The molecular weight excluding hydrogens is 313 g/mol. The van der Waals surface area contributed by atoms with Crippen LogP contribution in [-0.2, 0) is 9.09 Å². The average molecular weight is 341 g/mol. The van der Waals surface area contributed by atoms with Crippen molar-refractivity contribution in [3.05, 3.63) is 35.4 Å². The van der Waals surface area contributed by atoms with E-state index in [0.717, 1.165) is 4.90 Å². The Balaban J connectivity index is 0.00000112. The van der Waals surface area contributed by atoms with E-state index >= 15 is 0 Å². The highest BCUT2D eigenvalue weighted by Gasteiger charge is 2.35. The van der Waals surface area contributed by atoms with Gasteiger partial charge in [-0.15, -0.1) is 0 Å². The van der Waals surface area contributed by atoms with Gasteiger partial charge in [-0.2, -0.15) is 0 Å². The summed E-state index contributed by atoms with van der Waals surface area (Å²) in [5, 5.41) is 0. The number of amides is 2. The van der Waals surface area contributed by atoms with E-state index < -0.39 is 7.37 Å². The largest absolute Gasteiger partial charge is 0.329 e. The molecule has 1 atom stereocenters. The number of hydrogen-bond donors (Lipinski definition) is 0. The number of carbonyl (C=O) groups is 2. The second-order valence-corrected chi connectivity index (χ2v) is 7.20. The van der Waals surface area contributed by atoms with E-state index in [9.17, 15) is 14.2 Å². The fourth-order valence-corrected chi connectivity index (χ4v) is 3.30. The lowest BCUT2D eigenvalue weighted by molar-refractivity contribution is 0.0663. The van der Waals surface area contributed by atoms with Gasteiger partial charge in [-0.3, -0.25) is 19.1 Å². The monoisotopic (exact) mass is 341 g/mol. The van der Waals surface area contributed by atoms with E-state index in [4.69, 9.17) is 4.52 Å². The molecule has 0 saturated carbocycles.